The van der Waals surface area contributed by atoms with Crippen molar-refractivity contribution < 1.29 is 0 Å². The van der Waals surface area contributed by atoms with E-state index in [1.54, 1.807) is 0 Å². The molecule has 18 heavy (non-hydrogen) atoms. The number of hydrogen-bond acceptors (Lipinski definition) is 2. The lowest BCUT2D eigenvalue weighted by Crippen LogP contribution is -2.32. The lowest BCUT2D eigenvalue weighted by molar-refractivity contribution is 0.413. The Balaban J connectivity index is 1.92. The molecule has 2 atom stereocenters. The first kappa shape index (κ1) is 13.3. The second-order valence-electron chi connectivity index (χ2n) is 4.57. The Morgan fingerprint density at radius 2 is 2.17 bits per heavy atom. The van der Waals surface area contributed by atoms with Crippen LogP contribution in [0, 0.1) is 0 Å². The van der Waals surface area contributed by atoms with Crippen LogP contribution in [-0.4, -0.2) is 15.8 Å². The Morgan fingerprint density at radius 1 is 1.33 bits per heavy atom. The second kappa shape index (κ2) is 6.16. The van der Waals surface area contributed by atoms with Gasteiger partial charge in [0.25, 0.3) is 0 Å². The van der Waals surface area contributed by atoms with E-state index >= 15 is 0 Å². The van der Waals surface area contributed by atoms with E-state index in [4.69, 9.17) is 0 Å². The van der Waals surface area contributed by atoms with Gasteiger partial charge in [-0.1, -0.05) is 28.1 Å². The van der Waals surface area contributed by atoms with E-state index in [1.165, 1.54) is 5.56 Å². The average molecular weight is 308 g/mol. The highest BCUT2D eigenvalue weighted by Crippen LogP contribution is 2.18. The molecular weight excluding hydrogens is 290 g/mol. The number of rotatable bonds is 5. The van der Waals surface area contributed by atoms with Crippen LogP contribution in [0.1, 0.15) is 25.5 Å². The van der Waals surface area contributed by atoms with Gasteiger partial charge < -0.3 is 5.32 Å². The molecule has 96 valence electrons. The molecule has 3 nitrogen and oxygen atoms in total. The molecule has 4 heteroatoms. The quantitative estimate of drug-likeness (QED) is 0.917. The summed E-state index contributed by atoms with van der Waals surface area (Å²) in [5, 5.41) is 7.80. The Kier molecular flexibility index (Phi) is 4.55. The molecule has 0 amide bonds. The minimum absolute atomic E-state index is 0.327. The van der Waals surface area contributed by atoms with Gasteiger partial charge in [-0.25, -0.2) is 0 Å². The molecule has 0 saturated heterocycles. The highest BCUT2D eigenvalue weighted by Gasteiger charge is 2.10. The molecule has 0 radical (unpaired) electrons. The molecule has 1 N–H and O–H groups in total. The van der Waals surface area contributed by atoms with Crippen molar-refractivity contribution in [2.45, 2.75) is 32.5 Å². The van der Waals surface area contributed by atoms with Crippen molar-refractivity contribution in [2.24, 2.45) is 0 Å². The van der Waals surface area contributed by atoms with Crippen molar-refractivity contribution in [1.82, 2.24) is 15.1 Å². The molecule has 1 aromatic carbocycles. The molecule has 0 aliphatic carbocycles. The van der Waals surface area contributed by atoms with Gasteiger partial charge in [0.05, 0.1) is 6.54 Å². The molecule has 1 aromatic heterocycles. The number of nitrogens with one attached hydrogen (secondary N) is 1. The smallest absolute Gasteiger partial charge is 0.0560 e. The van der Waals surface area contributed by atoms with Gasteiger partial charge in [0, 0.05) is 29.0 Å². The topological polar surface area (TPSA) is 29.9 Å². The summed E-state index contributed by atoms with van der Waals surface area (Å²) in [6, 6.07) is 11.1. The van der Waals surface area contributed by atoms with Crippen LogP contribution >= 0.6 is 15.9 Å². The molecule has 2 unspecified atom stereocenters. The normalized spacial score (nSPS) is 14.4. The van der Waals surface area contributed by atoms with Crippen molar-refractivity contribution in [3.8, 4) is 0 Å². The Bertz CT molecular complexity index is 482. The van der Waals surface area contributed by atoms with Gasteiger partial charge in [0.15, 0.2) is 0 Å². The van der Waals surface area contributed by atoms with Crippen LogP contribution in [0.2, 0.25) is 0 Å². The van der Waals surface area contributed by atoms with Gasteiger partial charge in [0.2, 0.25) is 0 Å². The molecule has 2 rings (SSSR count). The van der Waals surface area contributed by atoms with E-state index in [0.29, 0.717) is 12.1 Å². The van der Waals surface area contributed by atoms with Crippen molar-refractivity contribution in [3.63, 3.8) is 0 Å². The minimum atomic E-state index is 0.327. The molecule has 2 aromatic rings. The standard InChI is InChI=1S/C14H18BrN3/c1-11(10-18-8-4-7-16-18)17-12(2)13-5-3-6-14(15)9-13/h3-9,11-12,17H,10H2,1-2H3. The maximum Gasteiger partial charge on any atom is 0.0560 e. The van der Waals surface area contributed by atoms with Crippen LogP contribution in [0.3, 0.4) is 0 Å². The summed E-state index contributed by atoms with van der Waals surface area (Å²) in [5.41, 5.74) is 1.29. The fourth-order valence-electron chi connectivity index (χ4n) is 2.04. The van der Waals surface area contributed by atoms with Gasteiger partial charge >= 0.3 is 0 Å². The summed E-state index contributed by atoms with van der Waals surface area (Å²) in [5.74, 6) is 0. The monoisotopic (exact) mass is 307 g/mol. The minimum Gasteiger partial charge on any atom is -0.306 e. The molecule has 0 spiro atoms. The van der Waals surface area contributed by atoms with Crippen LogP contribution in [0.4, 0.5) is 0 Å². The molecule has 0 aliphatic heterocycles. The van der Waals surface area contributed by atoms with Crippen LogP contribution in [0.15, 0.2) is 47.2 Å². The van der Waals surface area contributed by atoms with E-state index < -0.39 is 0 Å². The van der Waals surface area contributed by atoms with Crippen molar-refractivity contribution >= 4 is 15.9 Å². The number of hydrogen-bond donors (Lipinski definition) is 1. The predicted molar refractivity (Wildman–Crippen MR) is 77.4 cm³/mol. The van der Waals surface area contributed by atoms with Gasteiger partial charge in [0.1, 0.15) is 0 Å². The highest BCUT2D eigenvalue weighted by atomic mass is 79.9. The van der Waals surface area contributed by atoms with Crippen molar-refractivity contribution in [2.75, 3.05) is 0 Å². The molecular formula is C14H18BrN3. The van der Waals surface area contributed by atoms with Crippen LogP contribution in [-0.2, 0) is 6.54 Å². The highest BCUT2D eigenvalue weighted by molar-refractivity contribution is 9.10. The third-order valence-electron chi connectivity index (χ3n) is 2.90. The first-order chi connectivity index (χ1) is 8.65. The third kappa shape index (κ3) is 3.68. The van der Waals surface area contributed by atoms with E-state index in [1.807, 2.05) is 29.2 Å². The number of aromatic nitrogens is 2. The molecule has 0 fully saturated rings. The summed E-state index contributed by atoms with van der Waals surface area (Å²) >= 11 is 3.50. The van der Waals surface area contributed by atoms with Crippen LogP contribution < -0.4 is 5.32 Å². The zero-order valence-electron chi connectivity index (χ0n) is 10.7. The number of benzene rings is 1. The first-order valence-electron chi connectivity index (χ1n) is 6.14. The third-order valence-corrected chi connectivity index (χ3v) is 3.40. The van der Waals surface area contributed by atoms with E-state index in [0.717, 1.165) is 11.0 Å². The maximum absolute atomic E-state index is 4.22. The van der Waals surface area contributed by atoms with Crippen LogP contribution in [0.25, 0.3) is 0 Å². The average Bonchev–Trinajstić information content (AvgIpc) is 2.81. The van der Waals surface area contributed by atoms with E-state index in [2.05, 4.69) is 58.4 Å². The largest absolute Gasteiger partial charge is 0.306 e. The zero-order valence-corrected chi connectivity index (χ0v) is 12.3. The predicted octanol–water partition coefficient (Wildman–Crippen LogP) is 3.38. The Hall–Kier alpha value is -1.13. The summed E-state index contributed by atoms with van der Waals surface area (Å²) in [7, 11) is 0. The first-order valence-corrected chi connectivity index (χ1v) is 6.93. The number of nitrogens with zero attached hydrogens (tertiary/aromatic N) is 2. The Morgan fingerprint density at radius 3 is 2.83 bits per heavy atom. The van der Waals surface area contributed by atoms with Gasteiger partial charge in [-0.15, -0.1) is 0 Å². The lowest BCUT2D eigenvalue weighted by Gasteiger charge is -2.20. The summed E-state index contributed by atoms with van der Waals surface area (Å²) in [4.78, 5) is 0. The van der Waals surface area contributed by atoms with E-state index in [-0.39, 0.29) is 0 Å². The van der Waals surface area contributed by atoms with Crippen molar-refractivity contribution in [1.29, 1.82) is 0 Å². The SMILES string of the molecule is CC(Cn1cccn1)NC(C)c1cccc(Br)c1. The van der Waals surface area contributed by atoms with Gasteiger partial charge in [-0.3, -0.25) is 4.68 Å². The maximum atomic E-state index is 4.22. The fraction of sp³-hybridized carbons (Fsp3) is 0.357. The zero-order chi connectivity index (χ0) is 13.0. The van der Waals surface area contributed by atoms with Crippen LogP contribution in [0.5, 0.6) is 0 Å². The fourth-order valence-corrected chi connectivity index (χ4v) is 2.46. The molecule has 0 saturated carbocycles. The molecule has 0 bridgehead atoms. The van der Waals surface area contributed by atoms with Gasteiger partial charge in [-0.05, 0) is 37.6 Å². The lowest BCUT2D eigenvalue weighted by atomic mass is 10.1. The summed E-state index contributed by atoms with van der Waals surface area (Å²) in [6.45, 7) is 5.24. The Labute approximate surface area is 116 Å². The summed E-state index contributed by atoms with van der Waals surface area (Å²) < 4.78 is 3.07. The number of halogens is 1. The summed E-state index contributed by atoms with van der Waals surface area (Å²) in [6.07, 6.45) is 3.80. The molecule has 0 aliphatic rings. The molecule has 1 heterocycles. The van der Waals surface area contributed by atoms with Gasteiger partial charge in [-0.2, -0.15) is 5.10 Å². The van der Waals surface area contributed by atoms with E-state index in [9.17, 15) is 0 Å². The second-order valence-corrected chi connectivity index (χ2v) is 5.49. The van der Waals surface area contributed by atoms with Crippen molar-refractivity contribution in [3.05, 3.63) is 52.8 Å².